The van der Waals surface area contributed by atoms with Crippen molar-refractivity contribution in [3.63, 3.8) is 0 Å². The van der Waals surface area contributed by atoms with Crippen molar-refractivity contribution in [2.45, 2.75) is 39.3 Å². The molecule has 0 fully saturated rings. The summed E-state index contributed by atoms with van der Waals surface area (Å²) in [6, 6.07) is 3.74. The van der Waals surface area contributed by atoms with E-state index in [1.165, 1.54) is 0 Å². The third kappa shape index (κ3) is 6.11. The quantitative estimate of drug-likeness (QED) is 0.673. The van der Waals surface area contributed by atoms with Gasteiger partial charge in [-0.15, -0.1) is 0 Å². The van der Waals surface area contributed by atoms with Crippen molar-refractivity contribution in [3.8, 4) is 11.5 Å². The number of aromatic hydroxyl groups is 1. The van der Waals surface area contributed by atoms with Crippen molar-refractivity contribution in [2.24, 2.45) is 0 Å². The van der Waals surface area contributed by atoms with Crippen molar-refractivity contribution in [1.29, 1.82) is 0 Å². The molecule has 1 aromatic rings. The molecule has 1 aromatic carbocycles. The van der Waals surface area contributed by atoms with Crippen LogP contribution in [-0.4, -0.2) is 31.5 Å². The number of phenolic OH excluding ortho intramolecular Hbond substituents is 1. The van der Waals surface area contributed by atoms with Crippen LogP contribution in [-0.2, 0) is 11.3 Å². The number of methoxy groups -OCH3 is 1. The van der Waals surface area contributed by atoms with E-state index < -0.39 is 0 Å². The lowest BCUT2D eigenvalue weighted by Gasteiger charge is -2.10. The van der Waals surface area contributed by atoms with Crippen LogP contribution in [0.1, 0.15) is 32.3 Å². The Balaban J connectivity index is 2.27. The van der Waals surface area contributed by atoms with Crippen molar-refractivity contribution in [2.75, 3.05) is 20.3 Å². The lowest BCUT2D eigenvalue weighted by Crippen LogP contribution is -2.15. The maximum atomic E-state index is 9.73. The van der Waals surface area contributed by atoms with Gasteiger partial charge >= 0.3 is 0 Å². The second-order valence-corrected chi connectivity index (χ2v) is 5.79. The average Bonchev–Trinajstić information content (AvgIpc) is 2.41. The Kier molecular flexibility index (Phi) is 7.95. The summed E-state index contributed by atoms with van der Waals surface area (Å²) >= 11 is 3.32. The third-order valence-corrected chi connectivity index (χ3v) is 3.44. The van der Waals surface area contributed by atoms with Crippen LogP contribution < -0.4 is 10.1 Å². The highest BCUT2D eigenvalue weighted by Gasteiger charge is 2.08. The second-order valence-electron chi connectivity index (χ2n) is 4.93. The van der Waals surface area contributed by atoms with Crippen LogP contribution in [0.15, 0.2) is 16.6 Å². The largest absolute Gasteiger partial charge is 0.503 e. The van der Waals surface area contributed by atoms with E-state index in [4.69, 9.17) is 9.47 Å². The summed E-state index contributed by atoms with van der Waals surface area (Å²) in [5.74, 6) is 0.628. The molecule has 0 saturated heterocycles. The van der Waals surface area contributed by atoms with Gasteiger partial charge in [-0.1, -0.05) is 0 Å². The molecule has 2 N–H and O–H groups in total. The van der Waals surface area contributed by atoms with Gasteiger partial charge in [0.15, 0.2) is 11.5 Å². The molecular weight excluding hydrogens is 322 g/mol. The summed E-state index contributed by atoms with van der Waals surface area (Å²) in [5, 5.41) is 13.1. The highest BCUT2D eigenvalue weighted by Crippen LogP contribution is 2.35. The van der Waals surface area contributed by atoms with Crippen LogP contribution in [0.25, 0.3) is 0 Å². The van der Waals surface area contributed by atoms with Gasteiger partial charge < -0.3 is 19.9 Å². The van der Waals surface area contributed by atoms with Gasteiger partial charge in [-0.3, -0.25) is 0 Å². The van der Waals surface area contributed by atoms with Crippen molar-refractivity contribution in [3.05, 3.63) is 22.2 Å². The Labute approximate surface area is 129 Å². The summed E-state index contributed by atoms with van der Waals surface area (Å²) in [6.07, 6.45) is 2.46. The van der Waals surface area contributed by atoms with Crippen LogP contribution in [0, 0.1) is 0 Å². The topological polar surface area (TPSA) is 50.7 Å². The third-order valence-electron chi connectivity index (χ3n) is 2.84. The summed E-state index contributed by atoms with van der Waals surface area (Å²) in [5.41, 5.74) is 1.07. The number of rotatable bonds is 9. The fourth-order valence-corrected chi connectivity index (χ4v) is 2.28. The Morgan fingerprint density at radius 2 is 2.05 bits per heavy atom. The molecule has 0 saturated carbocycles. The number of hydrogen-bond donors (Lipinski definition) is 2. The minimum atomic E-state index is 0.141. The van der Waals surface area contributed by atoms with Gasteiger partial charge in [-0.2, -0.15) is 0 Å². The van der Waals surface area contributed by atoms with E-state index in [2.05, 4.69) is 21.2 Å². The molecule has 20 heavy (non-hydrogen) atoms. The van der Waals surface area contributed by atoms with E-state index in [-0.39, 0.29) is 5.75 Å². The SMILES string of the molecule is COc1cc(CNCCCCOC(C)C)cc(Br)c1O. The fourth-order valence-electron chi connectivity index (χ4n) is 1.79. The molecule has 1 rings (SSSR count). The van der Waals surface area contributed by atoms with Gasteiger partial charge in [0.05, 0.1) is 17.7 Å². The molecule has 0 radical (unpaired) electrons. The first-order valence-electron chi connectivity index (χ1n) is 6.92. The average molecular weight is 346 g/mol. The van der Waals surface area contributed by atoms with E-state index in [9.17, 15) is 5.11 Å². The van der Waals surface area contributed by atoms with Crippen molar-refractivity contribution in [1.82, 2.24) is 5.32 Å². The predicted molar refractivity (Wildman–Crippen MR) is 84.4 cm³/mol. The maximum Gasteiger partial charge on any atom is 0.172 e. The first-order valence-corrected chi connectivity index (χ1v) is 7.71. The molecule has 0 bridgehead atoms. The Bertz CT molecular complexity index is 410. The molecule has 0 spiro atoms. The molecule has 0 aromatic heterocycles. The van der Waals surface area contributed by atoms with Gasteiger partial charge in [0, 0.05) is 13.2 Å². The molecule has 0 aliphatic carbocycles. The summed E-state index contributed by atoms with van der Waals surface area (Å²) < 4.78 is 11.3. The van der Waals surface area contributed by atoms with E-state index in [0.29, 0.717) is 16.3 Å². The van der Waals surface area contributed by atoms with Gasteiger partial charge in [-0.05, 0) is 66.9 Å². The number of nitrogens with one attached hydrogen (secondary N) is 1. The smallest absolute Gasteiger partial charge is 0.172 e. The van der Waals surface area contributed by atoms with Gasteiger partial charge in [0.1, 0.15) is 0 Å². The van der Waals surface area contributed by atoms with Gasteiger partial charge in [0.25, 0.3) is 0 Å². The van der Waals surface area contributed by atoms with E-state index >= 15 is 0 Å². The van der Waals surface area contributed by atoms with Crippen LogP contribution >= 0.6 is 15.9 Å². The normalized spacial score (nSPS) is 11.1. The summed E-state index contributed by atoms with van der Waals surface area (Å²) in [4.78, 5) is 0. The van der Waals surface area contributed by atoms with E-state index in [1.807, 2.05) is 26.0 Å². The number of phenols is 1. The molecule has 4 nitrogen and oxygen atoms in total. The number of unbranched alkanes of at least 4 members (excludes halogenated alkanes) is 1. The zero-order valence-electron chi connectivity index (χ0n) is 12.4. The fraction of sp³-hybridized carbons (Fsp3) is 0.600. The number of benzene rings is 1. The molecule has 0 aliphatic heterocycles. The maximum absolute atomic E-state index is 9.73. The molecule has 0 heterocycles. The van der Waals surface area contributed by atoms with E-state index in [0.717, 1.165) is 38.1 Å². The number of halogens is 1. The molecule has 5 heteroatoms. The molecule has 114 valence electrons. The summed E-state index contributed by atoms with van der Waals surface area (Å²) in [6.45, 7) is 6.61. The van der Waals surface area contributed by atoms with Crippen molar-refractivity contribution < 1.29 is 14.6 Å². The second kappa shape index (κ2) is 9.21. The lowest BCUT2D eigenvalue weighted by atomic mass is 10.2. The molecule has 0 unspecified atom stereocenters. The first kappa shape index (κ1) is 17.3. The highest BCUT2D eigenvalue weighted by molar-refractivity contribution is 9.10. The summed E-state index contributed by atoms with van der Waals surface area (Å²) in [7, 11) is 1.55. The van der Waals surface area contributed by atoms with Crippen LogP contribution in [0.4, 0.5) is 0 Å². The van der Waals surface area contributed by atoms with Crippen LogP contribution in [0.2, 0.25) is 0 Å². The first-order chi connectivity index (χ1) is 9.54. The number of hydrogen-bond acceptors (Lipinski definition) is 4. The minimum Gasteiger partial charge on any atom is -0.503 e. The van der Waals surface area contributed by atoms with Gasteiger partial charge in [0.2, 0.25) is 0 Å². The van der Waals surface area contributed by atoms with Crippen LogP contribution in [0.5, 0.6) is 11.5 Å². The predicted octanol–water partition coefficient (Wildman–Crippen LogP) is 3.46. The highest BCUT2D eigenvalue weighted by atomic mass is 79.9. The standard InChI is InChI=1S/C15H24BrNO3/c1-11(2)20-7-5-4-6-17-10-12-8-13(16)15(18)14(9-12)19-3/h8-9,11,17-18H,4-7,10H2,1-3H3. The molecular formula is C15H24BrNO3. The zero-order valence-corrected chi connectivity index (χ0v) is 14.0. The molecule has 0 aliphatic rings. The van der Waals surface area contributed by atoms with Crippen molar-refractivity contribution >= 4 is 15.9 Å². The van der Waals surface area contributed by atoms with Gasteiger partial charge in [-0.25, -0.2) is 0 Å². The monoisotopic (exact) mass is 345 g/mol. The lowest BCUT2D eigenvalue weighted by molar-refractivity contribution is 0.0760. The van der Waals surface area contributed by atoms with E-state index in [1.54, 1.807) is 7.11 Å². The Morgan fingerprint density at radius 1 is 1.30 bits per heavy atom. The zero-order chi connectivity index (χ0) is 15.0. The Hall–Kier alpha value is -0.780. The molecule has 0 atom stereocenters. The minimum absolute atomic E-state index is 0.141. The number of ether oxygens (including phenoxy) is 2. The molecule has 0 amide bonds. The Morgan fingerprint density at radius 3 is 2.70 bits per heavy atom. The van der Waals surface area contributed by atoms with Crippen LogP contribution in [0.3, 0.4) is 0 Å².